The highest BCUT2D eigenvalue weighted by atomic mass is 19.4. The van der Waals surface area contributed by atoms with Crippen molar-refractivity contribution in [3.8, 4) is 0 Å². The van der Waals surface area contributed by atoms with Crippen LogP contribution in [0.5, 0.6) is 0 Å². The van der Waals surface area contributed by atoms with Gasteiger partial charge in [-0.2, -0.15) is 13.2 Å². The number of para-hydroxylation sites is 1. The summed E-state index contributed by atoms with van der Waals surface area (Å²) in [5, 5.41) is 3.05. The van der Waals surface area contributed by atoms with E-state index >= 15 is 0 Å². The second kappa shape index (κ2) is 5.83. The fourth-order valence-corrected chi connectivity index (χ4v) is 2.39. The van der Waals surface area contributed by atoms with Crippen LogP contribution in [0.15, 0.2) is 24.3 Å². The highest BCUT2D eigenvalue weighted by Gasteiger charge is 2.29. The number of alkyl halides is 3. The Morgan fingerprint density at radius 1 is 1.35 bits per heavy atom. The molecular weight excluding hydrogens is 269 g/mol. The Balaban J connectivity index is 1.99. The predicted octanol–water partition coefficient (Wildman–Crippen LogP) is 3.03. The minimum absolute atomic E-state index is 0.0200. The van der Waals surface area contributed by atoms with Crippen LogP contribution in [0.1, 0.15) is 30.9 Å². The van der Waals surface area contributed by atoms with Gasteiger partial charge in [0.1, 0.15) is 0 Å². The van der Waals surface area contributed by atoms with Crippen molar-refractivity contribution in [1.29, 1.82) is 0 Å². The van der Waals surface area contributed by atoms with Crippen molar-refractivity contribution in [3.63, 3.8) is 0 Å². The maximum absolute atomic E-state index is 12.1. The van der Waals surface area contributed by atoms with Crippen LogP contribution in [0.2, 0.25) is 0 Å². The largest absolute Gasteiger partial charge is 0.389 e. The number of hydrogen-bond donors (Lipinski definition) is 1. The Bertz CT molecular complexity index is 488. The lowest BCUT2D eigenvalue weighted by atomic mass is 9.96. The van der Waals surface area contributed by atoms with E-state index in [1.54, 1.807) is 11.9 Å². The van der Waals surface area contributed by atoms with Gasteiger partial charge in [0, 0.05) is 31.6 Å². The van der Waals surface area contributed by atoms with E-state index in [0.717, 1.165) is 11.3 Å². The molecule has 1 aliphatic heterocycles. The van der Waals surface area contributed by atoms with Crippen molar-refractivity contribution in [2.24, 2.45) is 0 Å². The van der Waals surface area contributed by atoms with Crippen LogP contribution < -0.4 is 10.2 Å². The zero-order valence-electron chi connectivity index (χ0n) is 11.2. The first kappa shape index (κ1) is 14.8. The quantitative estimate of drug-likeness (QED) is 0.863. The van der Waals surface area contributed by atoms with Gasteiger partial charge in [-0.3, -0.25) is 4.79 Å². The molecule has 0 aliphatic carbocycles. The van der Waals surface area contributed by atoms with Crippen molar-refractivity contribution >= 4 is 11.6 Å². The van der Waals surface area contributed by atoms with E-state index < -0.39 is 12.6 Å². The molecule has 1 amide bonds. The molecule has 3 nitrogen and oxygen atoms in total. The maximum Gasteiger partial charge on any atom is 0.389 e. The average molecular weight is 286 g/mol. The SMILES string of the molecule is CN1C(=O)CC(NCCCC(F)(F)F)c2ccccc21. The summed E-state index contributed by atoms with van der Waals surface area (Å²) < 4.78 is 36.3. The molecule has 20 heavy (non-hydrogen) atoms. The van der Waals surface area contributed by atoms with Gasteiger partial charge in [0.15, 0.2) is 0 Å². The van der Waals surface area contributed by atoms with E-state index in [9.17, 15) is 18.0 Å². The highest BCUT2D eigenvalue weighted by molar-refractivity contribution is 5.96. The summed E-state index contributed by atoms with van der Waals surface area (Å²) in [6.45, 7) is 0.246. The summed E-state index contributed by atoms with van der Waals surface area (Å²) in [5.41, 5.74) is 1.78. The van der Waals surface area contributed by atoms with Crippen LogP contribution in [0, 0.1) is 0 Å². The van der Waals surface area contributed by atoms with Gasteiger partial charge in [-0.1, -0.05) is 18.2 Å². The van der Waals surface area contributed by atoms with Gasteiger partial charge in [0.25, 0.3) is 0 Å². The van der Waals surface area contributed by atoms with E-state index in [-0.39, 0.29) is 31.3 Å². The summed E-state index contributed by atoms with van der Waals surface area (Å²) in [4.78, 5) is 13.5. The molecule has 0 radical (unpaired) electrons. The highest BCUT2D eigenvalue weighted by Crippen LogP contribution is 2.33. The Hall–Kier alpha value is -1.56. The maximum atomic E-state index is 12.1. The number of rotatable bonds is 4. The lowest BCUT2D eigenvalue weighted by molar-refractivity contribution is -0.135. The van der Waals surface area contributed by atoms with E-state index in [0.29, 0.717) is 0 Å². The van der Waals surface area contributed by atoms with E-state index in [1.165, 1.54) is 0 Å². The molecule has 0 aromatic heterocycles. The summed E-state index contributed by atoms with van der Waals surface area (Å²) in [6.07, 6.45) is -4.63. The number of nitrogens with zero attached hydrogens (tertiary/aromatic N) is 1. The number of carbonyl (C=O) groups is 1. The first-order chi connectivity index (χ1) is 9.38. The summed E-state index contributed by atoms with van der Waals surface area (Å²) in [5.74, 6) is -0.0305. The molecule has 1 aromatic carbocycles. The molecule has 1 atom stereocenters. The van der Waals surface area contributed by atoms with E-state index in [1.807, 2.05) is 24.3 Å². The molecule has 110 valence electrons. The van der Waals surface area contributed by atoms with Crippen molar-refractivity contribution in [1.82, 2.24) is 5.32 Å². The number of fused-ring (bicyclic) bond motifs is 1. The van der Waals surface area contributed by atoms with Crippen molar-refractivity contribution in [3.05, 3.63) is 29.8 Å². The van der Waals surface area contributed by atoms with Crippen LogP contribution in [0.3, 0.4) is 0 Å². The van der Waals surface area contributed by atoms with Crippen LogP contribution >= 0.6 is 0 Å². The first-order valence-electron chi connectivity index (χ1n) is 6.54. The van der Waals surface area contributed by atoms with Gasteiger partial charge in [0.05, 0.1) is 0 Å². The summed E-state index contributed by atoms with van der Waals surface area (Å²) in [6, 6.07) is 7.25. The second-order valence-corrected chi connectivity index (χ2v) is 4.94. The van der Waals surface area contributed by atoms with Crippen LogP contribution in [0.25, 0.3) is 0 Å². The Morgan fingerprint density at radius 2 is 2.05 bits per heavy atom. The average Bonchev–Trinajstić information content (AvgIpc) is 2.39. The molecule has 1 aliphatic rings. The topological polar surface area (TPSA) is 32.3 Å². The van der Waals surface area contributed by atoms with Gasteiger partial charge in [-0.05, 0) is 24.6 Å². The first-order valence-corrected chi connectivity index (χ1v) is 6.54. The molecule has 0 saturated heterocycles. The Kier molecular flexibility index (Phi) is 4.32. The molecule has 1 heterocycles. The normalized spacial score (nSPS) is 19.1. The number of hydrogen-bond acceptors (Lipinski definition) is 2. The minimum Gasteiger partial charge on any atom is -0.315 e. The number of carbonyl (C=O) groups excluding carboxylic acids is 1. The van der Waals surface area contributed by atoms with Gasteiger partial charge >= 0.3 is 6.18 Å². The van der Waals surface area contributed by atoms with Gasteiger partial charge in [-0.25, -0.2) is 0 Å². The second-order valence-electron chi connectivity index (χ2n) is 4.94. The van der Waals surface area contributed by atoms with Crippen LogP contribution in [-0.4, -0.2) is 25.7 Å². The summed E-state index contributed by atoms with van der Waals surface area (Å²) >= 11 is 0. The van der Waals surface area contributed by atoms with Crippen LogP contribution in [0.4, 0.5) is 18.9 Å². The van der Waals surface area contributed by atoms with Gasteiger partial charge in [-0.15, -0.1) is 0 Å². The Morgan fingerprint density at radius 3 is 2.75 bits per heavy atom. The third kappa shape index (κ3) is 3.50. The molecule has 0 spiro atoms. The number of halogens is 3. The number of anilines is 1. The van der Waals surface area contributed by atoms with E-state index in [4.69, 9.17) is 0 Å². The molecule has 1 aromatic rings. The smallest absolute Gasteiger partial charge is 0.315 e. The lowest BCUT2D eigenvalue weighted by Crippen LogP contribution is -2.38. The van der Waals surface area contributed by atoms with Gasteiger partial charge in [0.2, 0.25) is 5.91 Å². The number of benzene rings is 1. The zero-order chi connectivity index (χ0) is 14.8. The third-order valence-electron chi connectivity index (χ3n) is 3.45. The Labute approximate surface area is 115 Å². The molecule has 0 bridgehead atoms. The number of nitrogens with one attached hydrogen (secondary N) is 1. The third-order valence-corrected chi connectivity index (χ3v) is 3.45. The molecule has 1 unspecified atom stereocenters. The minimum atomic E-state index is -4.12. The monoisotopic (exact) mass is 286 g/mol. The standard InChI is InChI=1S/C14H17F3N2O/c1-19-12-6-3-2-5-10(12)11(9-13(19)20)18-8-4-7-14(15,16)17/h2-3,5-6,11,18H,4,7-9H2,1H3. The molecule has 6 heteroatoms. The summed E-state index contributed by atoms with van der Waals surface area (Å²) in [7, 11) is 1.71. The van der Waals surface area contributed by atoms with Crippen molar-refractivity contribution in [2.45, 2.75) is 31.5 Å². The van der Waals surface area contributed by atoms with E-state index in [2.05, 4.69) is 5.32 Å². The molecular formula is C14H17F3N2O. The molecule has 0 saturated carbocycles. The molecule has 2 rings (SSSR count). The molecule has 1 N–H and O–H groups in total. The lowest BCUT2D eigenvalue weighted by Gasteiger charge is -2.32. The van der Waals surface area contributed by atoms with Crippen molar-refractivity contribution < 1.29 is 18.0 Å². The molecule has 0 fully saturated rings. The fourth-order valence-electron chi connectivity index (χ4n) is 2.39. The van der Waals surface area contributed by atoms with Crippen LogP contribution in [-0.2, 0) is 4.79 Å². The number of amides is 1. The van der Waals surface area contributed by atoms with Gasteiger partial charge < -0.3 is 10.2 Å². The predicted molar refractivity (Wildman–Crippen MR) is 70.5 cm³/mol. The zero-order valence-corrected chi connectivity index (χ0v) is 11.2. The fraction of sp³-hybridized carbons (Fsp3) is 0.500. The van der Waals surface area contributed by atoms with Crippen molar-refractivity contribution in [2.75, 3.05) is 18.5 Å².